The van der Waals surface area contributed by atoms with E-state index in [-0.39, 0.29) is 32.5 Å². The lowest BCUT2D eigenvalue weighted by Crippen LogP contribution is -2.11. The summed E-state index contributed by atoms with van der Waals surface area (Å²) in [7, 11) is 0. The molecule has 11 aromatic rings. The van der Waals surface area contributed by atoms with Crippen molar-refractivity contribution in [3.05, 3.63) is 321 Å². The van der Waals surface area contributed by atoms with Crippen LogP contribution in [0.1, 0.15) is 203 Å². The first kappa shape index (κ1) is 63.0. The molecule has 0 aromatic heterocycles. The highest BCUT2D eigenvalue weighted by Crippen LogP contribution is 2.47. The Morgan fingerprint density at radius 1 is 0.167 bits per heavy atom. The van der Waals surface area contributed by atoms with Gasteiger partial charge in [-0.25, -0.2) is 0 Å². The van der Waals surface area contributed by atoms with E-state index in [9.17, 15) is 0 Å². The summed E-state index contributed by atoms with van der Waals surface area (Å²) in [5.74, 6) is 0. The van der Waals surface area contributed by atoms with Crippen molar-refractivity contribution in [2.45, 2.75) is 157 Å². The van der Waals surface area contributed by atoms with Crippen molar-refractivity contribution in [3.8, 4) is 22.3 Å². The second-order valence-corrected chi connectivity index (χ2v) is 31.5. The van der Waals surface area contributed by atoms with Gasteiger partial charge in [0.15, 0.2) is 0 Å². The van der Waals surface area contributed by atoms with Gasteiger partial charge in [-0.05, 0) is 176 Å². The summed E-state index contributed by atoms with van der Waals surface area (Å²) in [6.07, 6.45) is 0. The molecule has 90 heavy (non-hydrogen) atoms. The van der Waals surface area contributed by atoms with E-state index in [2.05, 4.69) is 367 Å². The van der Waals surface area contributed by atoms with Crippen LogP contribution < -0.4 is 0 Å². The highest BCUT2D eigenvalue weighted by molar-refractivity contribution is 6.21. The zero-order valence-corrected chi connectivity index (χ0v) is 57.1. The Hall–Kier alpha value is -8.58. The van der Waals surface area contributed by atoms with Crippen LogP contribution in [0.2, 0.25) is 0 Å². The summed E-state index contributed by atoms with van der Waals surface area (Å²) < 4.78 is 0. The molecule has 11 rings (SSSR count). The van der Waals surface area contributed by atoms with E-state index in [0.717, 1.165) is 0 Å². The van der Waals surface area contributed by atoms with Gasteiger partial charge in [-0.2, -0.15) is 0 Å². The van der Waals surface area contributed by atoms with E-state index in [0.29, 0.717) is 0 Å². The van der Waals surface area contributed by atoms with Crippen LogP contribution in [-0.4, -0.2) is 0 Å². The second-order valence-electron chi connectivity index (χ2n) is 31.5. The molecule has 0 N–H and O–H groups in total. The third-order valence-electron chi connectivity index (χ3n) is 18.6. The Labute approximate surface area is 540 Å². The Morgan fingerprint density at radius 2 is 0.300 bits per heavy atom. The minimum atomic E-state index is 0.0207. The van der Waals surface area contributed by atoms with Crippen LogP contribution in [0.4, 0.5) is 0 Å². The van der Waals surface area contributed by atoms with E-state index in [4.69, 9.17) is 0 Å². The standard InChI is InChI=1S/C90H94/c1-85(2,3)69-47-35-61(36-48-69)79(81(63-39-51-71(52-40-63)87(7,8)9)64-41-53-72(54-42-64)88(10,11)12)59-27-31-67(32-28-59)83-75-23-19-21-25-77(75)84(78-26-22-20-24-76(78)83)68-33-29-60(30-34-68)80(62-37-49-70(50-38-62)86(4,5)6)82(65-43-55-73(56-44-65)89(13,14)15)66-45-57-74(58-46-66)90(16,17)18/h19-58H,1-18H3. The average molecular weight is 1180 g/mol. The monoisotopic (exact) mass is 1170 g/mol. The van der Waals surface area contributed by atoms with Gasteiger partial charge in [-0.15, -0.1) is 0 Å². The fourth-order valence-electron chi connectivity index (χ4n) is 13.0. The van der Waals surface area contributed by atoms with E-state index in [1.54, 1.807) is 0 Å². The van der Waals surface area contributed by atoms with Crippen molar-refractivity contribution >= 4 is 43.8 Å². The molecular formula is C90H94. The van der Waals surface area contributed by atoms with Crippen LogP contribution in [0.5, 0.6) is 0 Å². The van der Waals surface area contributed by atoms with Crippen molar-refractivity contribution in [1.29, 1.82) is 0 Å². The Kier molecular flexibility index (Phi) is 16.8. The minimum Gasteiger partial charge on any atom is -0.0616 e. The second kappa shape index (κ2) is 24.0. The SMILES string of the molecule is CC(C)(C)c1ccc(C(=C(c2ccc(C(C)(C)C)cc2)c2ccc(C(C)(C)C)cc2)c2ccc(-c3c4ccccc4c(-c4ccc(C(=C(c5ccc(C(C)(C)C)cc5)c5ccc(C(C)(C)C)cc5)c5ccc(C(C)(C)C)cc5)cc4)c4ccccc34)cc2)cc1. The molecule has 0 aliphatic rings. The molecule has 0 spiro atoms. The van der Waals surface area contributed by atoms with Crippen molar-refractivity contribution < 1.29 is 0 Å². The van der Waals surface area contributed by atoms with Crippen LogP contribution in [-0.2, 0) is 32.5 Å². The molecule has 0 unspecified atom stereocenters. The zero-order valence-electron chi connectivity index (χ0n) is 57.1. The molecule has 0 radical (unpaired) electrons. The highest BCUT2D eigenvalue weighted by atomic mass is 14.3. The van der Waals surface area contributed by atoms with E-state index in [1.807, 2.05) is 0 Å². The smallest absolute Gasteiger partial charge is 0.00264 e. The largest absolute Gasteiger partial charge is 0.0616 e. The first-order chi connectivity index (χ1) is 42.4. The summed E-state index contributed by atoms with van der Waals surface area (Å²) in [6.45, 7) is 41.3. The fraction of sp³-hybridized carbons (Fsp3) is 0.267. The van der Waals surface area contributed by atoms with Crippen molar-refractivity contribution in [1.82, 2.24) is 0 Å². The zero-order chi connectivity index (χ0) is 64.3. The van der Waals surface area contributed by atoms with Gasteiger partial charge in [0.25, 0.3) is 0 Å². The molecule has 0 atom stereocenters. The van der Waals surface area contributed by atoms with Gasteiger partial charge in [0.05, 0.1) is 0 Å². The van der Waals surface area contributed by atoms with Gasteiger partial charge in [0.2, 0.25) is 0 Å². The summed E-state index contributed by atoms with van der Waals surface area (Å²) >= 11 is 0. The lowest BCUT2D eigenvalue weighted by Gasteiger charge is -2.24. The normalized spacial score (nSPS) is 12.6. The number of hydrogen-bond donors (Lipinski definition) is 0. The molecule has 0 nitrogen and oxygen atoms in total. The molecule has 454 valence electrons. The topological polar surface area (TPSA) is 0 Å². The molecule has 0 amide bonds. The molecule has 0 bridgehead atoms. The van der Waals surface area contributed by atoms with Gasteiger partial charge < -0.3 is 0 Å². The molecule has 0 heteroatoms. The highest BCUT2D eigenvalue weighted by Gasteiger charge is 2.26. The fourth-order valence-corrected chi connectivity index (χ4v) is 13.0. The number of fused-ring (bicyclic) bond motifs is 2. The molecule has 11 aromatic carbocycles. The number of rotatable bonds is 10. The third-order valence-corrected chi connectivity index (χ3v) is 18.6. The third kappa shape index (κ3) is 13.1. The van der Waals surface area contributed by atoms with Crippen LogP contribution in [0.25, 0.3) is 66.1 Å². The maximum atomic E-state index is 2.37. The predicted octanol–water partition coefficient (Wildman–Crippen LogP) is 25.1. The summed E-state index contributed by atoms with van der Waals surface area (Å²) in [5.41, 5.74) is 27.3. The maximum Gasteiger partial charge on any atom is -0.00264 e. The van der Waals surface area contributed by atoms with Gasteiger partial charge in [-0.1, -0.05) is 367 Å². The molecular weight excluding hydrogens is 1080 g/mol. The van der Waals surface area contributed by atoms with Crippen LogP contribution in [0, 0.1) is 0 Å². The van der Waals surface area contributed by atoms with Crippen molar-refractivity contribution in [2.24, 2.45) is 0 Å². The molecule has 0 heterocycles. The van der Waals surface area contributed by atoms with Gasteiger partial charge in [0, 0.05) is 0 Å². The van der Waals surface area contributed by atoms with E-state index >= 15 is 0 Å². The number of benzene rings is 11. The van der Waals surface area contributed by atoms with Crippen LogP contribution in [0.15, 0.2) is 243 Å². The lowest BCUT2D eigenvalue weighted by atomic mass is 9.80. The summed E-state index contributed by atoms with van der Waals surface area (Å²) in [4.78, 5) is 0. The van der Waals surface area contributed by atoms with Crippen LogP contribution in [0.3, 0.4) is 0 Å². The molecule has 0 fully saturated rings. The Bertz CT molecular complexity index is 3950. The molecule has 0 aliphatic carbocycles. The van der Waals surface area contributed by atoms with Gasteiger partial charge >= 0.3 is 0 Å². The maximum absolute atomic E-state index is 2.37. The Morgan fingerprint density at radius 3 is 0.433 bits per heavy atom. The molecule has 0 aliphatic heterocycles. The summed E-state index contributed by atoms with van der Waals surface area (Å²) in [5, 5.41) is 4.92. The Balaban J connectivity index is 1.09. The van der Waals surface area contributed by atoms with Crippen LogP contribution >= 0.6 is 0 Å². The first-order valence-electron chi connectivity index (χ1n) is 32.7. The number of hydrogen-bond acceptors (Lipinski definition) is 0. The van der Waals surface area contributed by atoms with Gasteiger partial charge in [0.1, 0.15) is 0 Å². The van der Waals surface area contributed by atoms with Crippen molar-refractivity contribution in [2.75, 3.05) is 0 Å². The lowest BCUT2D eigenvalue weighted by molar-refractivity contribution is 0.590. The summed E-state index contributed by atoms with van der Waals surface area (Å²) in [6, 6.07) is 93.2. The van der Waals surface area contributed by atoms with E-state index in [1.165, 1.54) is 144 Å². The molecule has 0 saturated carbocycles. The van der Waals surface area contributed by atoms with Crippen molar-refractivity contribution in [3.63, 3.8) is 0 Å². The minimum absolute atomic E-state index is 0.0207. The first-order valence-corrected chi connectivity index (χ1v) is 32.7. The quantitative estimate of drug-likeness (QED) is 0.0946. The average Bonchev–Trinajstić information content (AvgIpc) is 0.768. The van der Waals surface area contributed by atoms with E-state index < -0.39 is 0 Å². The molecule has 0 saturated heterocycles. The van der Waals surface area contributed by atoms with Gasteiger partial charge in [-0.3, -0.25) is 0 Å². The predicted molar refractivity (Wildman–Crippen MR) is 393 cm³/mol.